The highest BCUT2D eigenvalue weighted by molar-refractivity contribution is 6.32. The van der Waals surface area contributed by atoms with E-state index in [0.717, 1.165) is 0 Å². The van der Waals surface area contributed by atoms with E-state index < -0.39 is 0 Å². The van der Waals surface area contributed by atoms with Gasteiger partial charge in [-0.3, -0.25) is 0 Å². The summed E-state index contributed by atoms with van der Waals surface area (Å²) in [6.07, 6.45) is 0. The molecule has 0 radical (unpaired) electrons. The number of hydrogen-bond acceptors (Lipinski definition) is 0. The summed E-state index contributed by atoms with van der Waals surface area (Å²) in [5, 5.41) is 0. The molecule has 36 valence electrons. The lowest BCUT2D eigenvalue weighted by molar-refractivity contribution is 1.78. The fourth-order valence-electron chi connectivity index (χ4n) is 0.342. The van der Waals surface area contributed by atoms with Gasteiger partial charge in [-0.25, -0.2) is 5.46 Å². The van der Waals surface area contributed by atoms with Crippen LogP contribution in [0.25, 0.3) is 0 Å². The molecule has 7 heavy (non-hydrogen) atoms. The van der Waals surface area contributed by atoms with Gasteiger partial charge in [-0.15, -0.1) is 0 Å². The summed E-state index contributed by atoms with van der Waals surface area (Å²) in [5.41, 5.74) is 1.57. The number of hydrogen-bond donors (Lipinski definition) is 0. The Bertz CT molecular complexity index is 134. The van der Waals surface area contributed by atoms with Crippen LogP contribution in [0.5, 0.6) is 0 Å². The van der Waals surface area contributed by atoms with Gasteiger partial charge in [0.2, 0.25) is 0 Å². The van der Waals surface area contributed by atoms with Gasteiger partial charge >= 0.3 is 0 Å². The van der Waals surface area contributed by atoms with Crippen LogP contribution < -0.4 is 5.46 Å². The first kappa shape index (κ1) is 4.44. The van der Waals surface area contributed by atoms with Gasteiger partial charge in [0.25, 0.3) is 0 Å². The molecule has 0 atom stereocenters. The van der Waals surface area contributed by atoms with Crippen LogP contribution in [0.4, 0.5) is 0 Å². The van der Waals surface area contributed by atoms with E-state index in [0.29, 0.717) is 7.85 Å². The zero-order valence-corrected chi connectivity index (χ0v) is 3.39. The lowest BCUT2D eigenvalue weighted by atomic mass is 9.97. The molecule has 0 saturated heterocycles. The molecule has 0 aliphatic rings. The standard InChI is InChI=1S/C6H8B/c7-6-4-2-1-3-5-6/h1-5H,7H3/q-1. The van der Waals surface area contributed by atoms with Crippen molar-refractivity contribution in [3.63, 3.8) is 0 Å². The summed E-state index contributed by atoms with van der Waals surface area (Å²) in [5.74, 6) is 0. The molecule has 0 heterocycles. The van der Waals surface area contributed by atoms with E-state index in [1.54, 1.807) is 5.46 Å². The minimum absolute atomic E-state index is 0.446. The molecule has 0 unspecified atom stereocenters. The SMILES string of the molecule is [BH3-]c1ccccc1. The fraction of sp³-hybridized carbons (Fsp3) is 0. The van der Waals surface area contributed by atoms with E-state index in [2.05, 4.69) is 30.3 Å². The van der Waals surface area contributed by atoms with Crippen molar-refractivity contribution in [2.75, 3.05) is 0 Å². The smallest absolute Gasteiger partial charge is 0.0201 e. The van der Waals surface area contributed by atoms with Gasteiger partial charge in [0.15, 0.2) is 0 Å². The predicted octanol–water partition coefficient (Wildman–Crippen LogP) is -0.323. The van der Waals surface area contributed by atoms with Gasteiger partial charge in [0.05, 0.1) is 0 Å². The Morgan fingerprint density at radius 1 is 1.00 bits per heavy atom. The second-order valence-corrected chi connectivity index (χ2v) is 1.08. The average molecular weight is 90.9 g/mol. The van der Waals surface area contributed by atoms with E-state index in [9.17, 15) is 0 Å². The summed E-state index contributed by atoms with van der Waals surface area (Å²) in [6, 6.07) is 10.6. The third-order valence-electron chi connectivity index (χ3n) is 0.607. The topological polar surface area (TPSA) is 0 Å². The molecular formula is C6H8B-. The van der Waals surface area contributed by atoms with Crippen LogP contribution in [0.2, 0.25) is 0 Å². The Hall–Kier alpha value is -0.715. The van der Waals surface area contributed by atoms with Crippen molar-refractivity contribution in [2.24, 2.45) is 0 Å². The van der Waals surface area contributed by atoms with E-state index >= 15 is 0 Å². The minimum atomic E-state index is 0.446. The van der Waals surface area contributed by atoms with E-state index in [1.165, 1.54) is 0 Å². The fourth-order valence-corrected chi connectivity index (χ4v) is 0.342. The molecule has 0 aromatic heterocycles. The first-order valence-corrected chi connectivity index (χ1v) is 1.91. The highest BCUT2D eigenvalue weighted by atomic mass is 13.7. The van der Waals surface area contributed by atoms with Crippen LogP contribution >= 0.6 is 0 Å². The highest BCUT2D eigenvalue weighted by Crippen LogP contribution is 1.76. The Kier molecular flexibility index (Phi) is 1.16. The predicted molar refractivity (Wildman–Crippen MR) is 36.0 cm³/mol. The molecule has 1 aromatic carbocycles. The average Bonchev–Trinajstić information content (AvgIpc) is 1.69. The molecule has 0 saturated carbocycles. The van der Waals surface area contributed by atoms with Crippen LogP contribution in [0, 0.1) is 0 Å². The van der Waals surface area contributed by atoms with Gasteiger partial charge in [-0.1, -0.05) is 30.3 Å². The zero-order chi connectivity index (χ0) is 5.11. The largest absolute Gasteiger partial charge is 0.221 e. The van der Waals surface area contributed by atoms with Crippen LogP contribution in [-0.2, 0) is 0 Å². The van der Waals surface area contributed by atoms with Gasteiger partial charge in [0.1, 0.15) is 0 Å². The molecule has 0 aliphatic heterocycles. The summed E-state index contributed by atoms with van der Waals surface area (Å²) < 4.78 is 0. The van der Waals surface area contributed by atoms with Crippen molar-refractivity contribution in [1.82, 2.24) is 0 Å². The van der Waals surface area contributed by atoms with Gasteiger partial charge in [-0.05, 0) is 7.85 Å². The van der Waals surface area contributed by atoms with Crippen molar-refractivity contribution in [3.8, 4) is 0 Å². The highest BCUT2D eigenvalue weighted by Gasteiger charge is 1.66. The lowest BCUT2D eigenvalue weighted by Crippen LogP contribution is -1.97. The molecule has 0 amide bonds. The van der Waals surface area contributed by atoms with Crippen LogP contribution in [0.3, 0.4) is 0 Å². The molecule has 1 heteroatoms. The maximum absolute atomic E-state index is 2.19. The summed E-state index contributed by atoms with van der Waals surface area (Å²) in [4.78, 5) is 0. The molecule has 0 fully saturated rings. The van der Waals surface area contributed by atoms with Crippen LogP contribution in [0.1, 0.15) is 0 Å². The third kappa shape index (κ3) is 1.07. The molecule has 0 nitrogen and oxygen atoms in total. The second-order valence-electron chi connectivity index (χ2n) is 1.08. The van der Waals surface area contributed by atoms with E-state index in [1.807, 2.05) is 0 Å². The lowest BCUT2D eigenvalue weighted by Gasteiger charge is -1.89. The summed E-state index contributed by atoms with van der Waals surface area (Å²) >= 11 is 0. The Labute approximate surface area is 44.6 Å². The van der Waals surface area contributed by atoms with Crippen LogP contribution in [0.15, 0.2) is 30.3 Å². The third-order valence-corrected chi connectivity index (χ3v) is 0.607. The molecule has 1 rings (SSSR count). The number of rotatable bonds is 0. The summed E-state index contributed by atoms with van der Waals surface area (Å²) in [7, 11) is 0.446. The quantitative estimate of drug-likeness (QED) is 0.384. The number of benzene rings is 1. The van der Waals surface area contributed by atoms with Crippen molar-refractivity contribution in [2.45, 2.75) is 0 Å². The minimum Gasteiger partial charge on any atom is -0.221 e. The Morgan fingerprint density at radius 2 is 1.57 bits per heavy atom. The van der Waals surface area contributed by atoms with Gasteiger partial charge in [0, 0.05) is 0 Å². The first-order valence-electron chi connectivity index (χ1n) is 1.91. The van der Waals surface area contributed by atoms with E-state index in [4.69, 9.17) is 0 Å². The Balaban J connectivity index is 3.02. The maximum Gasteiger partial charge on any atom is -0.0201 e. The van der Waals surface area contributed by atoms with Crippen molar-refractivity contribution in [1.29, 1.82) is 0 Å². The Morgan fingerprint density at radius 3 is 1.86 bits per heavy atom. The molecule has 1 aromatic rings. The van der Waals surface area contributed by atoms with Crippen molar-refractivity contribution >= 4 is 13.3 Å². The van der Waals surface area contributed by atoms with Crippen LogP contribution in [-0.4, -0.2) is 7.85 Å². The van der Waals surface area contributed by atoms with Crippen molar-refractivity contribution in [3.05, 3.63) is 30.3 Å². The zero-order valence-electron chi connectivity index (χ0n) is 3.39. The van der Waals surface area contributed by atoms with Gasteiger partial charge in [-0.2, -0.15) is 0 Å². The molecule has 0 spiro atoms. The van der Waals surface area contributed by atoms with Crippen molar-refractivity contribution < 1.29 is 0 Å². The molecular weight excluding hydrogens is 82.9 g/mol. The summed E-state index contributed by atoms with van der Waals surface area (Å²) in [6.45, 7) is 0. The normalized spacial score (nSPS) is 8.71. The van der Waals surface area contributed by atoms with E-state index in [-0.39, 0.29) is 0 Å². The second kappa shape index (κ2) is 1.83. The molecule has 0 N–H and O–H groups in total. The first-order chi connectivity index (χ1) is 3.39. The maximum atomic E-state index is 2.19. The molecule has 0 bridgehead atoms. The monoisotopic (exact) mass is 91.1 g/mol. The molecule has 0 aliphatic carbocycles. The van der Waals surface area contributed by atoms with Gasteiger partial charge < -0.3 is 0 Å².